The average molecular weight is 413 g/mol. The number of aromatic carboxylic acids is 1. The summed E-state index contributed by atoms with van der Waals surface area (Å²) in [5, 5.41) is 12.5. The number of carboxylic acids is 1. The number of aromatic nitrogens is 3. The van der Waals surface area contributed by atoms with Crippen molar-refractivity contribution in [2.24, 2.45) is 0 Å². The van der Waals surface area contributed by atoms with E-state index in [1.165, 1.54) is 29.7 Å². The molecule has 0 aliphatic carbocycles. The van der Waals surface area contributed by atoms with E-state index in [1.807, 2.05) is 0 Å². The van der Waals surface area contributed by atoms with Crippen LogP contribution in [0.5, 0.6) is 0 Å². The molecule has 0 unspecified atom stereocenters. The summed E-state index contributed by atoms with van der Waals surface area (Å²) in [5.74, 6) is -1.89. The van der Waals surface area contributed by atoms with Gasteiger partial charge in [0.25, 0.3) is 0 Å². The largest absolute Gasteiger partial charge is 0.478 e. The number of pyridine rings is 2. The predicted octanol–water partition coefficient (Wildman–Crippen LogP) is 4.57. The second-order valence-electron chi connectivity index (χ2n) is 6.03. The Labute approximate surface area is 167 Å². The number of hydrogen-bond donors (Lipinski definition) is 2. The fourth-order valence-electron chi connectivity index (χ4n) is 2.58. The average Bonchev–Trinajstić information content (AvgIpc) is 3.11. The molecule has 0 radical (unpaired) electrons. The number of nitrogens with one attached hydrogen (secondary N) is 1. The van der Waals surface area contributed by atoms with Crippen LogP contribution in [0.2, 0.25) is 0 Å². The Hall–Kier alpha value is -3.66. The highest BCUT2D eigenvalue weighted by Crippen LogP contribution is 2.30. The van der Waals surface area contributed by atoms with Crippen LogP contribution >= 0.6 is 11.3 Å². The lowest BCUT2D eigenvalue weighted by atomic mass is 10.2. The van der Waals surface area contributed by atoms with Crippen molar-refractivity contribution in [1.29, 1.82) is 0 Å². The third kappa shape index (κ3) is 3.83. The van der Waals surface area contributed by atoms with E-state index in [2.05, 4.69) is 20.3 Å². The Kier molecular flexibility index (Phi) is 4.77. The highest BCUT2D eigenvalue weighted by Gasteiger charge is 2.12. The van der Waals surface area contributed by atoms with Crippen LogP contribution in [0.1, 0.15) is 10.4 Å². The van der Waals surface area contributed by atoms with Gasteiger partial charge in [0, 0.05) is 25.0 Å². The fourth-order valence-corrected chi connectivity index (χ4v) is 3.42. The summed E-state index contributed by atoms with van der Waals surface area (Å²) < 4.78 is 26.7. The summed E-state index contributed by atoms with van der Waals surface area (Å²) in [6, 6.07) is 10.1. The summed E-state index contributed by atoms with van der Waals surface area (Å²) in [6.45, 7) is 0. The molecule has 2 N–H and O–H groups in total. The smallest absolute Gasteiger partial charge is 0.337 e. The predicted molar refractivity (Wildman–Crippen MR) is 106 cm³/mol. The summed E-state index contributed by atoms with van der Waals surface area (Å²) in [4.78, 5) is 26.2. The van der Waals surface area contributed by atoms with Gasteiger partial charge in [-0.2, -0.15) is 0 Å². The molecule has 0 bridgehead atoms. The van der Waals surface area contributed by atoms with Gasteiger partial charge in [-0.1, -0.05) is 11.3 Å². The molecule has 0 aliphatic rings. The lowest BCUT2D eigenvalue weighted by molar-refractivity contribution is 0.0696. The molecular formula is C19H13F2N5O2S. The number of carbonyl (C=O) groups is 1. The van der Waals surface area contributed by atoms with Crippen LogP contribution in [0, 0.1) is 11.6 Å². The maximum Gasteiger partial charge on any atom is 0.337 e. The fraction of sp³-hybridized carbons (Fsp3) is 0.0526. The molecule has 0 saturated heterocycles. The van der Waals surface area contributed by atoms with Crippen LogP contribution < -0.4 is 10.2 Å². The molecule has 7 nitrogen and oxygen atoms in total. The SMILES string of the molecule is CN(c1ccc(F)c(F)c1)c1ccc2nc(Nc3ccc(C(=O)O)cn3)sc2n1. The number of hydrogen-bond acceptors (Lipinski definition) is 7. The highest BCUT2D eigenvalue weighted by atomic mass is 32.1. The van der Waals surface area contributed by atoms with Gasteiger partial charge in [0.1, 0.15) is 22.0 Å². The molecule has 3 heterocycles. The van der Waals surface area contributed by atoms with Gasteiger partial charge in [0.2, 0.25) is 0 Å². The third-order valence-corrected chi connectivity index (χ3v) is 5.00. The molecule has 10 heteroatoms. The van der Waals surface area contributed by atoms with E-state index in [0.717, 1.165) is 12.1 Å². The van der Waals surface area contributed by atoms with Crippen molar-refractivity contribution in [3.05, 3.63) is 65.9 Å². The van der Waals surface area contributed by atoms with Gasteiger partial charge in [-0.05, 0) is 36.4 Å². The highest BCUT2D eigenvalue weighted by molar-refractivity contribution is 7.21. The molecular weight excluding hydrogens is 400 g/mol. The second kappa shape index (κ2) is 7.40. The van der Waals surface area contributed by atoms with Gasteiger partial charge < -0.3 is 15.3 Å². The number of thiazole rings is 1. The van der Waals surface area contributed by atoms with E-state index in [-0.39, 0.29) is 5.56 Å². The molecule has 146 valence electrons. The summed E-state index contributed by atoms with van der Waals surface area (Å²) >= 11 is 1.28. The van der Waals surface area contributed by atoms with Crippen LogP contribution in [0.3, 0.4) is 0 Å². The van der Waals surface area contributed by atoms with E-state index in [1.54, 1.807) is 30.1 Å². The molecule has 0 saturated carbocycles. The zero-order chi connectivity index (χ0) is 20.5. The Morgan fingerprint density at radius 2 is 1.93 bits per heavy atom. The monoisotopic (exact) mass is 413 g/mol. The normalized spacial score (nSPS) is 10.9. The van der Waals surface area contributed by atoms with Gasteiger partial charge >= 0.3 is 5.97 Å². The van der Waals surface area contributed by atoms with Gasteiger partial charge in [-0.15, -0.1) is 0 Å². The van der Waals surface area contributed by atoms with Gasteiger partial charge in [-0.3, -0.25) is 0 Å². The van der Waals surface area contributed by atoms with Crippen molar-refractivity contribution < 1.29 is 18.7 Å². The van der Waals surface area contributed by atoms with Crippen molar-refractivity contribution in [2.75, 3.05) is 17.3 Å². The number of fused-ring (bicyclic) bond motifs is 1. The van der Waals surface area contributed by atoms with Gasteiger partial charge in [-0.25, -0.2) is 28.5 Å². The Balaban J connectivity index is 1.58. The van der Waals surface area contributed by atoms with Crippen LogP contribution in [0.25, 0.3) is 10.3 Å². The van der Waals surface area contributed by atoms with Crippen molar-refractivity contribution in [3.63, 3.8) is 0 Å². The third-order valence-electron chi connectivity index (χ3n) is 4.12. The van der Waals surface area contributed by atoms with Crippen LogP contribution in [0.4, 0.5) is 31.2 Å². The number of nitrogens with zero attached hydrogens (tertiary/aromatic N) is 4. The number of halogens is 2. The van der Waals surface area contributed by atoms with Crippen LogP contribution in [0.15, 0.2) is 48.7 Å². The second-order valence-corrected chi connectivity index (χ2v) is 7.01. The van der Waals surface area contributed by atoms with Crippen molar-refractivity contribution >= 4 is 50.1 Å². The number of benzene rings is 1. The van der Waals surface area contributed by atoms with E-state index >= 15 is 0 Å². The molecule has 0 spiro atoms. The van der Waals surface area contributed by atoms with Crippen molar-refractivity contribution in [3.8, 4) is 0 Å². The molecule has 0 amide bonds. The molecule has 1 aromatic carbocycles. The maximum atomic E-state index is 13.5. The Morgan fingerprint density at radius 1 is 1.10 bits per heavy atom. The first-order valence-electron chi connectivity index (χ1n) is 8.33. The topological polar surface area (TPSA) is 91.2 Å². The number of carboxylic acid groups (broad SMARTS) is 1. The van der Waals surface area contributed by atoms with Crippen molar-refractivity contribution in [1.82, 2.24) is 15.0 Å². The molecule has 4 rings (SSSR count). The lowest BCUT2D eigenvalue weighted by Crippen LogP contribution is -2.11. The van der Waals surface area contributed by atoms with Crippen LogP contribution in [-0.4, -0.2) is 33.1 Å². The first-order valence-corrected chi connectivity index (χ1v) is 9.15. The molecule has 29 heavy (non-hydrogen) atoms. The zero-order valence-electron chi connectivity index (χ0n) is 14.9. The van der Waals surface area contributed by atoms with E-state index < -0.39 is 17.6 Å². The quantitative estimate of drug-likeness (QED) is 0.495. The lowest BCUT2D eigenvalue weighted by Gasteiger charge is -2.18. The Morgan fingerprint density at radius 3 is 2.62 bits per heavy atom. The maximum absolute atomic E-state index is 13.5. The minimum absolute atomic E-state index is 0.0893. The molecule has 0 fully saturated rings. The minimum Gasteiger partial charge on any atom is -0.478 e. The van der Waals surface area contributed by atoms with Crippen molar-refractivity contribution in [2.45, 2.75) is 0 Å². The minimum atomic E-state index is -1.05. The van der Waals surface area contributed by atoms with Crippen LogP contribution in [-0.2, 0) is 0 Å². The number of rotatable bonds is 5. The summed E-state index contributed by atoms with van der Waals surface area (Å²) in [7, 11) is 1.70. The van der Waals surface area contributed by atoms with E-state index in [9.17, 15) is 13.6 Å². The molecule has 3 aromatic heterocycles. The Bertz CT molecular complexity index is 1210. The number of anilines is 4. The van der Waals surface area contributed by atoms with Gasteiger partial charge in [0.15, 0.2) is 16.8 Å². The van der Waals surface area contributed by atoms with E-state index in [0.29, 0.717) is 32.8 Å². The zero-order valence-corrected chi connectivity index (χ0v) is 15.7. The molecule has 0 atom stereocenters. The standard InChI is InChI=1S/C19H13F2N5O2S/c1-26(11-3-4-12(20)13(21)8-11)16-7-5-14-17(25-16)29-19(23-14)24-15-6-2-10(9-22-15)18(27)28/h2-9H,1H3,(H,27,28)(H,22,23,24). The summed E-state index contributed by atoms with van der Waals surface area (Å²) in [6.07, 6.45) is 1.26. The molecule has 0 aliphatic heterocycles. The van der Waals surface area contributed by atoms with E-state index in [4.69, 9.17) is 5.11 Å². The summed E-state index contributed by atoms with van der Waals surface area (Å²) in [5.41, 5.74) is 1.20. The first kappa shape index (κ1) is 18.7. The van der Waals surface area contributed by atoms with Gasteiger partial charge in [0.05, 0.1) is 5.56 Å². The first-order chi connectivity index (χ1) is 13.9. The molecule has 4 aromatic rings.